The van der Waals surface area contributed by atoms with E-state index < -0.39 is 5.41 Å². The lowest BCUT2D eigenvalue weighted by Crippen LogP contribution is -2.33. The van der Waals surface area contributed by atoms with Gasteiger partial charge in [0.25, 0.3) is 0 Å². The summed E-state index contributed by atoms with van der Waals surface area (Å²) in [6.07, 6.45) is 6.09. The minimum absolute atomic E-state index is 0.101. The summed E-state index contributed by atoms with van der Waals surface area (Å²) in [4.78, 5) is 0. The van der Waals surface area contributed by atoms with Crippen LogP contribution in [0.3, 0.4) is 0 Å². The molecule has 1 atom stereocenters. The normalized spacial score (nSPS) is 26.2. The molecule has 1 aliphatic rings. The highest BCUT2D eigenvalue weighted by atomic mass is 14.5. The zero-order valence-corrected chi connectivity index (χ0v) is 8.83. The highest BCUT2D eigenvalue weighted by Crippen LogP contribution is 2.44. The van der Waals surface area contributed by atoms with Crippen LogP contribution in [0.1, 0.15) is 27.2 Å². The van der Waals surface area contributed by atoms with Gasteiger partial charge in [0, 0.05) is 5.57 Å². The maximum atomic E-state index is 9.22. The van der Waals surface area contributed by atoms with Crippen LogP contribution >= 0.6 is 0 Å². The van der Waals surface area contributed by atoms with Crippen molar-refractivity contribution in [2.45, 2.75) is 27.2 Å². The third-order valence-corrected chi connectivity index (χ3v) is 2.86. The van der Waals surface area contributed by atoms with Crippen molar-refractivity contribution in [2.75, 3.05) is 0 Å². The number of nitriles is 2. The summed E-state index contributed by atoms with van der Waals surface area (Å²) in [5.41, 5.74) is 0.0865. The molecule has 0 radical (unpaired) electrons. The van der Waals surface area contributed by atoms with Gasteiger partial charge in [-0.25, -0.2) is 0 Å². The average Bonchev–Trinajstić information content (AvgIpc) is 2.16. The van der Waals surface area contributed by atoms with Crippen molar-refractivity contribution in [2.24, 2.45) is 10.8 Å². The molecule has 2 heteroatoms. The summed E-state index contributed by atoms with van der Waals surface area (Å²) < 4.78 is 0. The summed E-state index contributed by atoms with van der Waals surface area (Å²) in [7, 11) is 0. The van der Waals surface area contributed by atoms with Crippen molar-refractivity contribution in [1.82, 2.24) is 0 Å². The Labute approximate surface area is 85.2 Å². The van der Waals surface area contributed by atoms with Crippen molar-refractivity contribution >= 4 is 0 Å². The van der Waals surface area contributed by atoms with Gasteiger partial charge in [0.05, 0.1) is 17.6 Å². The van der Waals surface area contributed by atoms with Crippen molar-refractivity contribution in [3.8, 4) is 12.1 Å². The van der Waals surface area contributed by atoms with Crippen LogP contribution in [0, 0.1) is 33.5 Å². The van der Waals surface area contributed by atoms with Gasteiger partial charge in [-0.15, -0.1) is 0 Å². The molecule has 0 aliphatic heterocycles. The maximum Gasteiger partial charge on any atom is 0.0988 e. The van der Waals surface area contributed by atoms with E-state index in [9.17, 15) is 5.26 Å². The summed E-state index contributed by atoms with van der Waals surface area (Å²) in [5.74, 6) is 0. The molecule has 0 amide bonds. The Bertz CT molecular complexity index is 369. The van der Waals surface area contributed by atoms with Gasteiger partial charge in [0.15, 0.2) is 0 Å². The van der Waals surface area contributed by atoms with Crippen LogP contribution in [0.5, 0.6) is 0 Å². The first-order valence-electron chi connectivity index (χ1n) is 4.66. The fraction of sp³-hybridized carbons (Fsp3) is 0.500. The molecule has 14 heavy (non-hydrogen) atoms. The van der Waals surface area contributed by atoms with Gasteiger partial charge in [-0.1, -0.05) is 32.9 Å². The van der Waals surface area contributed by atoms with E-state index in [1.165, 1.54) is 0 Å². The smallest absolute Gasteiger partial charge is 0.0988 e. The molecule has 0 saturated heterocycles. The minimum Gasteiger partial charge on any atom is -0.197 e. The fourth-order valence-corrected chi connectivity index (χ4v) is 1.53. The Morgan fingerprint density at radius 3 is 2.29 bits per heavy atom. The lowest BCUT2D eigenvalue weighted by atomic mass is 9.64. The highest BCUT2D eigenvalue weighted by molar-refractivity contribution is 5.40. The van der Waals surface area contributed by atoms with Crippen LogP contribution in [0.25, 0.3) is 0 Å². The topological polar surface area (TPSA) is 47.6 Å². The van der Waals surface area contributed by atoms with Crippen molar-refractivity contribution in [3.63, 3.8) is 0 Å². The molecule has 0 fully saturated rings. The van der Waals surface area contributed by atoms with Crippen LogP contribution in [0.4, 0.5) is 0 Å². The Balaban J connectivity index is 3.05. The quantitative estimate of drug-likeness (QED) is 0.584. The second-order valence-electron chi connectivity index (χ2n) is 4.64. The van der Waals surface area contributed by atoms with Crippen LogP contribution in [-0.4, -0.2) is 0 Å². The van der Waals surface area contributed by atoms with E-state index in [4.69, 9.17) is 5.26 Å². The average molecular weight is 186 g/mol. The second-order valence-corrected chi connectivity index (χ2v) is 4.64. The van der Waals surface area contributed by atoms with Crippen LogP contribution in [-0.2, 0) is 0 Å². The highest BCUT2D eigenvalue weighted by Gasteiger charge is 2.40. The monoisotopic (exact) mass is 186 g/mol. The molecule has 0 N–H and O–H groups in total. The molecule has 0 aromatic rings. The van der Waals surface area contributed by atoms with E-state index in [0.717, 1.165) is 0 Å². The molecular formula is C12H14N2. The molecule has 0 aromatic carbocycles. The first-order valence-corrected chi connectivity index (χ1v) is 4.66. The molecule has 0 aromatic heterocycles. The minimum atomic E-state index is -0.465. The van der Waals surface area contributed by atoms with E-state index in [1.807, 2.05) is 32.9 Å². The second kappa shape index (κ2) is 3.31. The summed E-state index contributed by atoms with van der Waals surface area (Å²) >= 11 is 0. The number of allylic oxidation sites excluding steroid dienone is 4. The predicted octanol–water partition coefficient (Wildman–Crippen LogP) is 2.95. The molecule has 0 heterocycles. The Hall–Kier alpha value is -1.54. The van der Waals surface area contributed by atoms with Crippen molar-refractivity contribution in [1.29, 1.82) is 10.5 Å². The van der Waals surface area contributed by atoms with Gasteiger partial charge in [-0.3, -0.25) is 0 Å². The molecule has 2 nitrogen and oxygen atoms in total. The van der Waals surface area contributed by atoms with Gasteiger partial charge in [-0.05, 0) is 17.9 Å². The third-order valence-electron chi connectivity index (χ3n) is 2.86. The fourth-order valence-electron chi connectivity index (χ4n) is 1.53. The van der Waals surface area contributed by atoms with Gasteiger partial charge in [0.2, 0.25) is 0 Å². The zero-order chi connectivity index (χ0) is 10.8. The zero-order valence-electron chi connectivity index (χ0n) is 8.83. The Morgan fingerprint density at radius 2 is 2.00 bits per heavy atom. The van der Waals surface area contributed by atoms with E-state index in [1.54, 1.807) is 6.08 Å². The van der Waals surface area contributed by atoms with Gasteiger partial charge < -0.3 is 0 Å². The van der Waals surface area contributed by atoms with Crippen molar-refractivity contribution in [3.05, 3.63) is 23.8 Å². The number of hydrogen-bond acceptors (Lipinski definition) is 2. The van der Waals surface area contributed by atoms with Gasteiger partial charge >= 0.3 is 0 Å². The van der Waals surface area contributed by atoms with Crippen molar-refractivity contribution < 1.29 is 0 Å². The number of rotatable bonds is 0. The number of nitrogens with zero attached hydrogens (tertiary/aromatic N) is 2. The lowest BCUT2D eigenvalue weighted by Gasteiger charge is -2.37. The summed E-state index contributed by atoms with van der Waals surface area (Å²) in [6.45, 7) is 6.14. The summed E-state index contributed by atoms with van der Waals surface area (Å²) in [6, 6.07) is 4.44. The lowest BCUT2D eigenvalue weighted by molar-refractivity contribution is 0.214. The molecule has 0 spiro atoms. The molecule has 1 rings (SSSR count). The maximum absolute atomic E-state index is 9.22. The van der Waals surface area contributed by atoms with E-state index in [2.05, 4.69) is 12.1 Å². The Kier molecular flexibility index (Phi) is 2.49. The predicted molar refractivity (Wildman–Crippen MR) is 55.0 cm³/mol. The van der Waals surface area contributed by atoms with E-state index in [-0.39, 0.29) is 5.41 Å². The van der Waals surface area contributed by atoms with E-state index in [0.29, 0.717) is 12.0 Å². The Morgan fingerprint density at radius 1 is 1.36 bits per heavy atom. The van der Waals surface area contributed by atoms with Crippen LogP contribution in [0.15, 0.2) is 23.8 Å². The molecular weight excluding hydrogens is 172 g/mol. The molecule has 1 aliphatic carbocycles. The molecule has 1 unspecified atom stereocenters. The summed E-state index contributed by atoms with van der Waals surface area (Å²) in [5, 5.41) is 17.9. The van der Waals surface area contributed by atoms with E-state index >= 15 is 0 Å². The van der Waals surface area contributed by atoms with Crippen LogP contribution in [0.2, 0.25) is 0 Å². The molecule has 0 saturated carbocycles. The third kappa shape index (κ3) is 1.56. The van der Waals surface area contributed by atoms with Gasteiger partial charge in [0.1, 0.15) is 0 Å². The van der Waals surface area contributed by atoms with Crippen LogP contribution < -0.4 is 0 Å². The first kappa shape index (κ1) is 10.5. The SMILES string of the molecule is CC(C)(C)C1(C#N)C=CC(C#N)=CC1. The molecule has 0 bridgehead atoms. The molecule has 72 valence electrons. The standard InChI is InChI=1S/C12H14N2/c1-11(2,3)12(9-14)6-4-10(8-13)5-7-12/h4-6H,7H2,1-3H3. The first-order chi connectivity index (χ1) is 6.45. The number of hydrogen-bond donors (Lipinski definition) is 0. The van der Waals surface area contributed by atoms with Gasteiger partial charge in [-0.2, -0.15) is 10.5 Å². The largest absolute Gasteiger partial charge is 0.197 e.